The van der Waals surface area contributed by atoms with Crippen molar-refractivity contribution in [2.24, 2.45) is 0 Å². The van der Waals surface area contributed by atoms with Crippen molar-refractivity contribution in [2.75, 3.05) is 12.4 Å². The molecular formula is C14H11BrN4O. The lowest BCUT2D eigenvalue weighted by atomic mass is 10.2. The molecule has 0 fully saturated rings. The van der Waals surface area contributed by atoms with Crippen molar-refractivity contribution < 1.29 is 4.74 Å². The normalized spacial score (nSPS) is 10.5. The van der Waals surface area contributed by atoms with E-state index >= 15 is 0 Å². The molecule has 0 aliphatic carbocycles. The first-order chi connectivity index (χ1) is 9.79. The highest BCUT2D eigenvalue weighted by Crippen LogP contribution is 2.33. The molecule has 0 saturated heterocycles. The summed E-state index contributed by atoms with van der Waals surface area (Å²) in [5.41, 5.74) is 0.798. The second kappa shape index (κ2) is 5.42. The van der Waals surface area contributed by atoms with Crippen molar-refractivity contribution >= 4 is 32.7 Å². The van der Waals surface area contributed by atoms with Crippen molar-refractivity contribution in [3.8, 4) is 11.6 Å². The van der Waals surface area contributed by atoms with E-state index in [4.69, 9.17) is 4.74 Å². The van der Waals surface area contributed by atoms with Gasteiger partial charge in [-0.25, -0.2) is 9.97 Å². The predicted octanol–water partition coefficient (Wildman–Crippen LogP) is 3.62. The van der Waals surface area contributed by atoms with E-state index in [2.05, 4.69) is 36.2 Å². The molecule has 6 heteroatoms. The van der Waals surface area contributed by atoms with Crippen LogP contribution in [0.3, 0.4) is 0 Å². The molecule has 0 aliphatic heterocycles. The average molecular weight is 331 g/mol. The Kier molecular flexibility index (Phi) is 3.47. The van der Waals surface area contributed by atoms with Crippen molar-refractivity contribution in [1.29, 1.82) is 0 Å². The Bertz CT molecular complexity index is 758. The van der Waals surface area contributed by atoms with E-state index in [9.17, 15) is 0 Å². The van der Waals surface area contributed by atoms with Gasteiger partial charge in [0.25, 0.3) is 0 Å². The number of rotatable bonds is 3. The summed E-state index contributed by atoms with van der Waals surface area (Å²) < 4.78 is 6.54. The fraction of sp³-hybridized carbons (Fsp3) is 0.0714. The van der Waals surface area contributed by atoms with Gasteiger partial charge >= 0.3 is 0 Å². The van der Waals surface area contributed by atoms with Gasteiger partial charge in [0.15, 0.2) is 5.75 Å². The van der Waals surface area contributed by atoms with Gasteiger partial charge in [0, 0.05) is 18.6 Å². The second-order valence-corrected chi connectivity index (χ2v) is 4.82. The third kappa shape index (κ3) is 2.30. The lowest BCUT2D eigenvalue weighted by Crippen LogP contribution is -1.98. The first kappa shape index (κ1) is 12.8. The third-order valence-electron chi connectivity index (χ3n) is 2.80. The van der Waals surface area contributed by atoms with Crippen LogP contribution in [0, 0.1) is 0 Å². The standard InChI is InChI=1S/C14H11BrN4O/c1-16-13-11(15)14(19-8-18-13)20-10-6-2-4-9-5-3-7-17-12(9)10/h2-8H,1H3,(H,16,18,19). The molecule has 3 aromatic rings. The van der Waals surface area contributed by atoms with Crippen LogP contribution in [0.1, 0.15) is 0 Å². The van der Waals surface area contributed by atoms with Crippen LogP contribution in [0.2, 0.25) is 0 Å². The summed E-state index contributed by atoms with van der Waals surface area (Å²) >= 11 is 3.43. The Morgan fingerprint density at radius 1 is 1.10 bits per heavy atom. The molecule has 0 saturated carbocycles. The van der Waals surface area contributed by atoms with E-state index in [1.165, 1.54) is 6.33 Å². The van der Waals surface area contributed by atoms with Gasteiger partial charge in [-0.3, -0.25) is 4.98 Å². The number of para-hydroxylation sites is 1. The maximum atomic E-state index is 5.86. The van der Waals surface area contributed by atoms with E-state index in [0.717, 1.165) is 10.9 Å². The number of benzene rings is 1. The lowest BCUT2D eigenvalue weighted by molar-refractivity contribution is 0.462. The summed E-state index contributed by atoms with van der Waals surface area (Å²) in [4.78, 5) is 12.6. The minimum absolute atomic E-state index is 0.447. The molecule has 3 rings (SSSR count). The Balaban J connectivity index is 2.06. The van der Waals surface area contributed by atoms with E-state index in [1.807, 2.05) is 30.3 Å². The Hall–Kier alpha value is -2.21. The summed E-state index contributed by atoms with van der Waals surface area (Å²) in [5.74, 6) is 1.77. The number of hydrogen-bond donors (Lipinski definition) is 1. The first-order valence-electron chi connectivity index (χ1n) is 5.99. The SMILES string of the molecule is CNc1ncnc(Oc2cccc3cccnc23)c1Br. The molecule has 2 heterocycles. The molecular weight excluding hydrogens is 320 g/mol. The summed E-state index contributed by atoms with van der Waals surface area (Å²) in [6, 6.07) is 9.66. The number of halogens is 1. The van der Waals surface area contributed by atoms with Crippen LogP contribution in [0.5, 0.6) is 11.6 Å². The summed E-state index contributed by atoms with van der Waals surface area (Å²) in [7, 11) is 1.79. The predicted molar refractivity (Wildman–Crippen MR) is 81.1 cm³/mol. The molecule has 0 bridgehead atoms. The van der Waals surface area contributed by atoms with Crippen LogP contribution in [0.15, 0.2) is 47.3 Å². The van der Waals surface area contributed by atoms with E-state index in [0.29, 0.717) is 21.9 Å². The van der Waals surface area contributed by atoms with Gasteiger partial charge < -0.3 is 10.1 Å². The van der Waals surface area contributed by atoms with Gasteiger partial charge in [-0.2, -0.15) is 0 Å². The van der Waals surface area contributed by atoms with Gasteiger partial charge in [0.05, 0.1) is 0 Å². The molecule has 0 spiro atoms. The molecule has 100 valence electrons. The van der Waals surface area contributed by atoms with Crippen molar-refractivity contribution in [3.63, 3.8) is 0 Å². The number of ether oxygens (including phenoxy) is 1. The van der Waals surface area contributed by atoms with Crippen molar-refractivity contribution in [1.82, 2.24) is 15.0 Å². The molecule has 0 amide bonds. The maximum Gasteiger partial charge on any atom is 0.238 e. The van der Waals surface area contributed by atoms with Gasteiger partial charge in [0.2, 0.25) is 5.88 Å². The molecule has 0 atom stereocenters. The molecule has 0 radical (unpaired) electrons. The van der Waals surface area contributed by atoms with E-state index in [1.54, 1.807) is 13.2 Å². The van der Waals surface area contributed by atoms with Crippen LogP contribution in [0.4, 0.5) is 5.82 Å². The van der Waals surface area contributed by atoms with Gasteiger partial charge in [-0.1, -0.05) is 18.2 Å². The topological polar surface area (TPSA) is 59.9 Å². The molecule has 1 aromatic carbocycles. The summed E-state index contributed by atoms with van der Waals surface area (Å²) in [6.45, 7) is 0. The van der Waals surface area contributed by atoms with E-state index < -0.39 is 0 Å². The fourth-order valence-electron chi connectivity index (χ4n) is 1.86. The van der Waals surface area contributed by atoms with Crippen LogP contribution in [-0.2, 0) is 0 Å². The largest absolute Gasteiger partial charge is 0.435 e. The van der Waals surface area contributed by atoms with E-state index in [-0.39, 0.29) is 0 Å². The van der Waals surface area contributed by atoms with Crippen LogP contribution < -0.4 is 10.1 Å². The highest BCUT2D eigenvalue weighted by Gasteiger charge is 2.11. The zero-order chi connectivity index (χ0) is 13.9. The minimum Gasteiger partial charge on any atom is -0.435 e. The quantitative estimate of drug-likeness (QED) is 0.794. The lowest BCUT2D eigenvalue weighted by Gasteiger charge is -2.10. The highest BCUT2D eigenvalue weighted by atomic mass is 79.9. The number of pyridine rings is 1. The Morgan fingerprint density at radius 3 is 2.80 bits per heavy atom. The Labute approximate surface area is 124 Å². The zero-order valence-electron chi connectivity index (χ0n) is 10.7. The van der Waals surface area contributed by atoms with Crippen LogP contribution in [-0.4, -0.2) is 22.0 Å². The van der Waals surface area contributed by atoms with Gasteiger partial charge in [-0.15, -0.1) is 0 Å². The molecule has 1 N–H and O–H groups in total. The van der Waals surface area contributed by atoms with Gasteiger partial charge in [-0.05, 0) is 28.1 Å². The highest BCUT2D eigenvalue weighted by molar-refractivity contribution is 9.10. The summed E-state index contributed by atoms with van der Waals surface area (Å²) in [5, 5.41) is 3.98. The smallest absolute Gasteiger partial charge is 0.238 e. The number of fused-ring (bicyclic) bond motifs is 1. The monoisotopic (exact) mass is 330 g/mol. The third-order valence-corrected chi connectivity index (χ3v) is 3.51. The number of nitrogens with zero attached hydrogens (tertiary/aromatic N) is 3. The zero-order valence-corrected chi connectivity index (χ0v) is 12.3. The minimum atomic E-state index is 0.447. The van der Waals surface area contributed by atoms with Crippen LogP contribution in [0.25, 0.3) is 10.9 Å². The molecule has 0 aliphatic rings. The number of aromatic nitrogens is 3. The number of hydrogen-bond acceptors (Lipinski definition) is 5. The molecule has 2 aromatic heterocycles. The first-order valence-corrected chi connectivity index (χ1v) is 6.79. The molecule has 20 heavy (non-hydrogen) atoms. The Morgan fingerprint density at radius 2 is 1.95 bits per heavy atom. The average Bonchev–Trinajstić information content (AvgIpc) is 2.50. The summed E-state index contributed by atoms with van der Waals surface area (Å²) in [6.07, 6.45) is 3.19. The number of anilines is 1. The number of nitrogens with one attached hydrogen (secondary N) is 1. The van der Waals surface area contributed by atoms with Crippen LogP contribution >= 0.6 is 15.9 Å². The molecule has 5 nitrogen and oxygen atoms in total. The second-order valence-electron chi connectivity index (χ2n) is 4.02. The van der Waals surface area contributed by atoms with Crippen molar-refractivity contribution in [3.05, 3.63) is 47.3 Å². The fourth-order valence-corrected chi connectivity index (χ4v) is 2.35. The van der Waals surface area contributed by atoms with Crippen molar-refractivity contribution in [2.45, 2.75) is 0 Å². The molecule has 0 unspecified atom stereocenters. The van der Waals surface area contributed by atoms with Gasteiger partial charge in [0.1, 0.15) is 22.1 Å². The maximum absolute atomic E-state index is 5.86.